The Labute approximate surface area is 131 Å². The van der Waals surface area contributed by atoms with Gasteiger partial charge in [-0.05, 0) is 26.1 Å². The van der Waals surface area contributed by atoms with E-state index in [0.717, 1.165) is 24.5 Å². The molecule has 1 aliphatic rings. The largest absolute Gasteiger partial charge is 0.383 e. The van der Waals surface area contributed by atoms with Gasteiger partial charge in [0.2, 0.25) is 0 Å². The third-order valence-electron chi connectivity index (χ3n) is 4.48. The van der Waals surface area contributed by atoms with E-state index in [1.54, 1.807) is 18.6 Å². The maximum Gasteiger partial charge on any atom is 0.147 e. The van der Waals surface area contributed by atoms with E-state index in [2.05, 4.69) is 19.8 Å². The lowest BCUT2D eigenvalue weighted by molar-refractivity contribution is -0.0527. The highest BCUT2D eigenvalue weighted by Gasteiger charge is 2.44. The van der Waals surface area contributed by atoms with Crippen LogP contribution in [0.2, 0.25) is 0 Å². The maximum atomic E-state index is 11.3. The van der Waals surface area contributed by atoms with Crippen molar-refractivity contribution >= 4 is 5.82 Å². The van der Waals surface area contributed by atoms with Gasteiger partial charge in [0.15, 0.2) is 0 Å². The molecule has 0 spiro atoms. The van der Waals surface area contributed by atoms with E-state index in [-0.39, 0.29) is 6.04 Å². The summed E-state index contributed by atoms with van der Waals surface area (Å²) < 4.78 is 0. The molecular weight excluding hydrogens is 276 g/mol. The van der Waals surface area contributed by atoms with E-state index < -0.39 is 5.60 Å². The number of benzene rings is 1. The Morgan fingerprint density at radius 1 is 1.23 bits per heavy atom. The highest BCUT2D eigenvalue weighted by molar-refractivity contribution is 5.39. The molecule has 0 bridgehead atoms. The molecule has 1 fully saturated rings. The van der Waals surface area contributed by atoms with E-state index in [1.807, 2.05) is 44.4 Å². The maximum absolute atomic E-state index is 11.3. The van der Waals surface area contributed by atoms with Crippen molar-refractivity contribution in [2.45, 2.75) is 18.1 Å². The van der Waals surface area contributed by atoms with Gasteiger partial charge in [-0.3, -0.25) is 4.98 Å². The number of piperidine rings is 1. The van der Waals surface area contributed by atoms with Crippen LogP contribution in [0.3, 0.4) is 0 Å². The fourth-order valence-electron chi connectivity index (χ4n) is 3.24. The highest BCUT2D eigenvalue weighted by atomic mass is 16.3. The first kappa shape index (κ1) is 14.9. The number of rotatable bonds is 3. The molecule has 1 aromatic carbocycles. The minimum absolute atomic E-state index is 0.00865. The molecule has 0 radical (unpaired) electrons. The first-order chi connectivity index (χ1) is 10.6. The SMILES string of the molecule is CN(C)[C@@H]1CN(c2cnccn2)CC[C@]1(O)c1ccccc1. The van der Waals surface area contributed by atoms with Gasteiger partial charge in [0.25, 0.3) is 0 Å². The Balaban J connectivity index is 1.89. The number of aromatic nitrogens is 2. The summed E-state index contributed by atoms with van der Waals surface area (Å²) in [5.41, 5.74) is 0.135. The monoisotopic (exact) mass is 298 g/mol. The van der Waals surface area contributed by atoms with Gasteiger partial charge in [-0.25, -0.2) is 4.98 Å². The van der Waals surface area contributed by atoms with Crippen LogP contribution in [-0.4, -0.2) is 53.2 Å². The molecule has 22 heavy (non-hydrogen) atoms. The predicted molar refractivity (Wildman–Crippen MR) is 86.7 cm³/mol. The number of nitrogens with zero attached hydrogens (tertiary/aromatic N) is 4. The normalized spacial score (nSPS) is 25.5. The summed E-state index contributed by atoms with van der Waals surface area (Å²) in [6.45, 7) is 1.48. The molecule has 1 saturated heterocycles. The van der Waals surface area contributed by atoms with E-state index in [1.165, 1.54) is 0 Å². The molecule has 2 heterocycles. The zero-order valence-corrected chi connectivity index (χ0v) is 13.1. The van der Waals surface area contributed by atoms with Crippen molar-refractivity contribution in [3.8, 4) is 0 Å². The molecule has 0 unspecified atom stereocenters. The smallest absolute Gasteiger partial charge is 0.147 e. The summed E-state index contributed by atoms with van der Waals surface area (Å²) in [6.07, 6.45) is 5.82. The fourth-order valence-corrected chi connectivity index (χ4v) is 3.24. The lowest BCUT2D eigenvalue weighted by atomic mass is 9.80. The summed E-state index contributed by atoms with van der Waals surface area (Å²) >= 11 is 0. The van der Waals surface area contributed by atoms with Crippen molar-refractivity contribution in [1.82, 2.24) is 14.9 Å². The molecule has 0 saturated carbocycles. The molecule has 2 aromatic rings. The molecule has 0 aliphatic carbocycles. The van der Waals surface area contributed by atoms with Crippen LogP contribution in [0.4, 0.5) is 5.82 Å². The number of hydrogen-bond acceptors (Lipinski definition) is 5. The second kappa shape index (κ2) is 6.02. The molecule has 3 rings (SSSR count). The summed E-state index contributed by atoms with van der Waals surface area (Å²) in [6, 6.07) is 9.95. The van der Waals surface area contributed by atoms with Crippen molar-refractivity contribution in [3.05, 3.63) is 54.5 Å². The predicted octanol–water partition coefficient (Wildman–Crippen LogP) is 1.50. The third-order valence-corrected chi connectivity index (χ3v) is 4.48. The number of likely N-dealkylation sites (N-methyl/N-ethyl adjacent to an activating group) is 1. The van der Waals surface area contributed by atoms with Crippen LogP contribution in [0.5, 0.6) is 0 Å². The summed E-state index contributed by atoms with van der Waals surface area (Å²) in [5.74, 6) is 0.865. The minimum Gasteiger partial charge on any atom is -0.383 e. The van der Waals surface area contributed by atoms with Gasteiger partial charge in [-0.1, -0.05) is 30.3 Å². The Hall–Kier alpha value is -1.98. The lowest BCUT2D eigenvalue weighted by Gasteiger charge is -2.47. The van der Waals surface area contributed by atoms with E-state index >= 15 is 0 Å². The zero-order valence-electron chi connectivity index (χ0n) is 13.1. The third kappa shape index (κ3) is 2.69. The summed E-state index contributed by atoms with van der Waals surface area (Å²) in [4.78, 5) is 12.8. The Bertz CT molecular complexity index is 605. The van der Waals surface area contributed by atoms with Gasteiger partial charge in [0.05, 0.1) is 12.2 Å². The van der Waals surface area contributed by atoms with Crippen LogP contribution in [0.15, 0.2) is 48.9 Å². The van der Waals surface area contributed by atoms with Crippen LogP contribution in [0.25, 0.3) is 0 Å². The van der Waals surface area contributed by atoms with E-state index in [4.69, 9.17) is 0 Å². The molecule has 2 atom stereocenters. The standard InChI is InChI=1S/C17H22N4O/c1-20(2)15-13-21(16-12-18-9-10-19-16)11-8-17(15,22)14-6-4-3-5-7-14/h3-7,9-10,12,15,22H,8,11,13H2,1-2H3/t15-,17+/m1/s1. The van der Waals surface area contributed by atoms with Crippen LogP contribution >= 0.6 is 0 Å². The summed E-state index contributed by atoms with van der Waals surface area (Å²) in [7, 11) is 4.03. The van der Waals surface area contributed by atoms with Crippen LogP contribution in [0, 0.1) is 0 Å². The molecule has 0 amide bonds. The van der Waals surface area contributed by atoms with Crippen molar-refractivity contribution in [2.75, 3.05) is 32.1 Å². The van der Waals surface area contributed by atoms with Gasteiger partial charge < -0.3 is 14.9 Å². The highest BCUT2D eigenvalue weighted by Crippen LogP contribution is 2.36. The number of aliphatic hydroxyl groups is 1. The average Bonchev–Trinajstić information content (AvgIpc) is 2.56. The van der Waals surface area contributed by atoms with Crippen molar-refractivity contribution in [2.24, 2.45) is 0 Å². The Morgan fingerprint density at radius 3 is 2.64 bits per heavy atom. The van der Waals surface area contributed by atoms with Gasteiger partial charge in [0.1, 0.15) is 11.4 Å². The van der Waals surface area contributed by atoms with Crippen LogP contribution in [-0.2, 0) is 5.60 Å². The topological polar surface area (TPSA) is 52.5 Å². The number of hydrogen-bond donors (Lipinski definition) is 1. The van der Waals surface area contributed by atoms with E-state index in [9.17, 15) is 5.11 Å². The molecule has 5 nitrogen and oxygen atoms in total. The molecule has 5 heteroatoms. The Kier molecular flexibility index (Phi) is 4.09. The van der Waals surface area contributed by atoms with Crippen LogP contribution < -0.4 is 4.90 Å². The second-order valence-corrected chi connectivity index (χ2v) is 6.03. The van der Waals surface area contributed by atoms with Crippen LogP contribution in [0.1, 0.15) is 12.0 Å². The molecule has 1 aliphatic heterocycles. The van der Waals surface area contributed by atoms with E-state index in [0.29, 0.717) is 6.42 Å². The lowest BCUT2D eigenvalue weighted by Crippen LogP contribution is -2.59. The molecule has 1 aromatic heterocycles. The first-order valence-corrected chi connectivity index (χ1v) is 7.56. The molecule has 1 N–H and O–H groups in total. The van der Waals surface area contributed by atoms with Gasteiger partial charge in [-0.15, -0.1) is 0 Å². The van der Waals surface area contributed by atoms with Crippen molar-refractivity contribution in [3.63, 3.8) is 0 Å². The van der Waals surface area contributed by atoms with Gasteiger partial charge in [0, 0.05) is 25.5 Å². The number of anilines is 1. The van der Waals surface area contributed by atoms with Crippen molar-refractivity contribution < 1.29 is 5.11 Å². The molecule has 116 valence electrons. The Morgan fingerprint density at radius 2 is 2.00 bits per heavy atom. The zero-order chi connectivity index (χ0) is 15.6. The van der Waals surface area contributed by atoms with Crippen molar-refractivity contribution in [1.29, 1.82) is 0 Å². The quantitative estimate of drug-likeness (QED) is 0.931. The second-order valence-electron chi connectivity index (χ2n) is 6.03. The fraction of sp³-hybridized carbons (Fsp3) is 0.412. The molecular formula is C17H22N4O. The van der Waals surface area contributed by atoms with Gasteiger partial charge in [-0.2, -0.15) is 0 Å². The average molecular weight is 298 g/mol. The minimum atomic E-state index is -0.844. The summed E-state index contributed by atoms with van der Waals surface area (Å²) in [5, 5.41) is 11.3. The van der Waals surface area contributed by atoms with Gasteiger partial charge >= 0.3 is 0 Å². The first-order valence-electron chi connectivity index (χ1n) is 7.56.